The lowest BCUT2D eigenvalue weighted by atomic mass is 9.97. The third kappa shape index (κ3) is 5.13. The van der Waals surface area contributed by atoms with E-state index in [1.54, 1.807) is 4.90 Å². The minimum Gasteiger partial charge on any atom is -0.444 e. The number of ether oxygens (including phenoxy) is 1. The molecule has 162 valence electrons. The Morgan fingerprint density at radius 3 is 2.73 bits per heavy atom. The molecule has 0 N–H and O–H groups in total. The summed E-state index contributed by atoms with van der Waals surface area (Å²) in [7, 11) is 1.85. The molecule has 0 aliphatic carbocycles. The highest BCUT2D eigenvalue weighted by atomic mass is 16.6. The average molecular weight is 410 g/mol. The molecule has 5 nitrogen and oxygen atoms in total. The Bertz CT molecular complexity index is 888. The van der Waals surface area contributed by atoms with Crippen molar-refractivity contribution in [1.29, 1.82) is 0 Å². The normalized spacial score (nSPS) is 17.0. The summed E-state index contributed by atoms with van der Waals surface area (Å²) in [5, 5.41) is 0. The second-order valence-electron chi connectivity index (χ2n) is 9.22. The number of rotatable bonds is 4. The zero-order valence-corrected chi connectivity index (χ0v) is 19.2. The van der Waals surface area contributed by atoms with Gasteiger partial charge in [0.15, 0.2) is 0 Å². The van der Waals surface area contributed by atoms with Gasteiger partial charge >= 0.3 is 6.09 Å². The number of amides is 1. The fourth-order valence-corrected chi connectivity index (χ4v) is 4.11. The molecule has 1 aliphatic rings. The van der Waals surface area contributed by atoms with Gasteiger partial charge in [-0.25, -0.2) is 4.79 Å². The summed E-state index contributed by atoms with van der Waals surface area (Å²) >= 11 is 0. The lowest BCUT2D eigenvalue weighted by molar-refractivity contribution is 0.0210. The van der Waals surface area contributed by atoms with Crippen molar-refractivity contribution in [2.24, 2.45) is 0 Å². The largest absolute Gasteiger partial charge is 0.444 e. The molecule has 1 saturated heterocycles. The van der Waals surface area contributed by atoms with Gasteiger partial charge in [0.25, 0.3) is 0 Å². The van der Waals surface area contributed by atoms with E-state index in [-0.39, 0.29) is 12.1 Å². The van der Waals surface area contributed by atoms with E-state index in [1.165, 1.54) is 22.3 Å². The number of carbonyl (C=O) groups excluding carboxylic acids is 1. The van der Waals surface area contributed by atoms with Crippen molar-refractivity contribution in [1.82, 2.24) is 9.88 Å². The molecule has 3 rings (SSSR count). The van der Waals surface area contributed by atoms with Crippen LogP contribution in [0.1, 0.15) is 51.7 Å². The molecule has 0 spiro atoms. The van der Waals surface area contributed by atoms with E-state index in [9.17, 15) is 4.79 Å². The van der Waals surface area contributed by atoms with Crippen LogP contribution in [-0.2, 0) is 11.2 Å². The van der Waals surface area contributed by atoms with E-state index < -0.39 is 5.60 Å². The number of aromatic nitrogens is 1. The molecular weight excluding hydrogens is 374 g/mol. The minimum atomic E-state index is -0.487. The van der Waals surface area contributed by atoms with Crippen LogP contribution in [0.2, 0.25) is 0 Å². The van der Waals surface area contributed by atoms with E-state index in [0.29, 0.717) is 0 Å². The minimum absolute atomic E-state index is 0.117. The van der Waals surface area contributed by atoms with Crippen LogP contribution in [0.15, 0.2) is 36.7 Å². The van der Waals surface area contributed by atoms with Crippen LogP contribution in [0.5, 0.6) is 0 Å². The number of likely N-dealkylation sites (N-methyl/N-ethyl adjacent to an activating group) is 1. The number of benzene rings is 1. The van der Waals surface area contributed by atoms with Crippen LogP contribution < -0.4 is 4.90 Å². The number of piperidine rings is 1. The van der Waals surface area contributed by atoms with Crippen LogP contribution in [0.3, 0.4) is 0 Å². The van der Waals surface area contributed by atoms with Crippen LogP contribution in [0.4, 0.5) is 10.5 Å². The fraction of sp³-hybridized carbons (Fsp3) is 0.520. The lowest BCUT2D eigenvalue weighted by Crippen LogP contribution is -2.50. The molecule has 1 fully saturated rings. The van der Waals surface area contributed by atoms with Gasteiger partial charge in [-0.3, -0.25) is 4.98 Å². The smallest absolute Gasteiger partial charge is 0.410 e. The van der Waals surface area contributed by atoms with Gasteiger partial charge in [0.2, 0.25) is 0 Å². The summed E-state index contributed by atoms with van der Waals surface area (Å²) in [4.78, 5) is 21.1. The van der Waals surface area contributed by atoms with Gasteiger partial charge in [0, 0.05) is 31.9 Å². The monoisotopic (exact) mass is 409 g/mol. The molecule has 0 saturated carbocycles. The maximum Gasteiger partial charge on any atom is 0.410 e. The van der Waals surface area contributed by atoms with Gasteiger partial charge in [-0.2, -0.15) is 0 Å². The summed E-state index contributed by atoms with van der Waals surface area (Å²) in [6, 6.07) is 8.91. The highest BCUT2D eigenvalue weighted by molar-refractivity contribution is 5.78. The van der Waals surface area contributed by atoms with Gasteiger partial charge in [0.05, 0.1) is 17.9 Å². The summed E-state index contributed by atoms with van der Waals surface area (Å²) in [6.45, 7) is 11.8. The molecule has 1 atom stereocenters. The number of nitrogens with zero attached hydrogens (tertiary/aromatic N) is 3. The van der Waals surface area contributed by atoms with Crippen LogP contribution in [0, 0.1) is 6.92 Å². The molecule has 0 bridgehead atoms. The van der Waals surface area contributed by atoms with Crippen molar-refractivity contribution in [3.05, 3.63) is 47.8 Å². The molecule has 1 aliphatic heterocycles. The Labute approximate surface area is 181 Å². The molecule has 1 aromatic carbocycles. The number of hydrogen-bond acceptors (Lipinski definition) is 4. The topological polar surface area (TPSA) is 45.7 Å². The first kappa shape index (κ1) is 22.1. The van der Waals surface area contributed by atoms with Crippen molar-refractivity contribution in [2.75, 3.05) is 25.0 Å². The quantitative estimate of drug-likeness (QED) is 0.673. The molecule has 2 aromatic rings. The molecule has 30 heavy (non-hydrogen) atoms. The van der Waals surface area contributed by atoms with Gasteiger partial charge in [-0.05, 0) is 69.7 Å². The molecular formula is C25H35N3O2. The van der Waals surface area contributed by atoms with E-state index >= 15 is 0 Å². The van der Waals surface area contributed by atoms with Crippen molar-refractivity contribution < 1.29 is 9.53 Å². The highest BCUT2D eigenvalue weighted by Crippen LogP contribution is 2.33. The SMILES string of the molecule is CCc1ccc(-c2ccncc2N2CCCC(N(C)C(=O)OC(C)(C)C)C2)cc1C. The Kier molecular flexibility index (Phi) is 6.69. The molecule has 2 heterocycles. The first-order valence-electron chi connectivity index (χ1n) is 10.9. The summed E-state index contributed by atoms with van der Waals surface area (Å²) in [5.41, 5.74) is 5.74. The number of pyridine rings is 1. The first-order chi connectivity index (χ1) is 14.2. The standard InChI is InChI=1S/C25H35N3O2/c1-7-19-10-11-20(15-18(19)2)22-12-13-26-16-23(22)28-14-8-9-21(17-28)27(6)24(29)30-25(3,4)5/h10-13,15-16,21H,7-9,14,17H2,1-6H3. The van der Waals surface area contributed by atoms with Gasteiger partial charge in [-0.1, -0.05) is 25.1 Å². The van der Waals surface area contributed by atoms with Crippen molar-refractivity contribution in [3.8, 4) is 11.1 Å². The van der Waals surface area contributed by atoms with Gasteiger partial charge < -0.3 is 14.5 Å². The van der Waals surface area contributed by atoms with Crippen molar-refractivity contribution in [2.45, 2.75) is 65.5 Å². The Hall–Kier alpha value is -2.56. The Balaban J connectivity index is 1.83. The third-order valence-corrected chi connectivity index (χ3v) is 5.80. The predicted octanol–water partition coefficient (Wildman–Crippen LogP) is 5.46. The first-order valence-corrected chi connectivity index (χ1v) is 10.9. The molecule has 5 heteroatoms. The molecule has 1 amide bonds. The van der Waals surface area contributed by atoms with Crippen LogP contribution in [0.25, 0.3) is 11.1 Å². The Morgan fingerprint density at radius 1 is 1.30 bits per heavy atom. The van der Waals surface area contributed by atoms with Crippen molar-refractivity contribution >= 4 is 11.8 Å². The number of aryl methyl sites for hydroxylation is 2. The van der Waals surface area contributed by atoms with E-state index in [1.807, 2.05) is 40.2 Å². The number of anilines is 1. The molecule has 0 radical (unpaired) electrons. The van der Waals surface area contributed by atoms with Gasteiger partial charge in [0.1, 0.15) is 5.60 Å². The zero-order chi connectivity index (χ0) is 21.9. The fourth-order valence-electron chi connectivity index (χ4n) is 4.11. The number of hydrogen-bond donors (Lipinski definition) is 0. The lowest BCUT2D eigenvalue weighted by Gasteiger charge is -2.39. The number of carbonyl (C=O) groups is 1. The zero-order valence-electron chi connectivity index (χ0n) is 19.2. The highest BCUT2D eigenvalue weighted by Gasteiger charge is 2.30. The van der Waals surface area contributed by atoms with E-state index in [2.05, 4.69) is 48.0 Å². The van der Waals surface area contributed by atoms with Crippen LogP contribution >= 0.6 is 0 Å². The Morgan fingerprint density at radius 2 is 2.07 bits per heavy atom. The maximum absolute atomic E-state index is 12.6. The maximum atomic E-state index is 12.6. The van der Waals surface area contributed by atoms with Crippen LogP contribution in [-0.4, -0.2) is 47.8 Å². The van der Waals surface area contributed by atoms with E-state index in [0.717, 1.165) is 38.0 Å². The van der Waals surface area contributed by atoms with Gasteiger partial charge in [-0.15, -0.1) is 0 Å². The van der Waals surface area contributed by atoms with Crippen molar-refractivity contribution in [3.63, 3.8) is 0 Å². The third-order valence-electron chi connectivity index (χ3n) is 5.80. The summed E-state index contributed by atoms with van der Waals surface area (Å²) in [6.07, 6.45) is 6.60. The second-order valence-corrected chi connectivity index (χ2v) is 9.22. The second kappa shape index (κ2) is 9.07. The average Bonchev–Trinajstić information content (AvgIpc) is 2.72. The molecule has 1 unspecified atom stereocenters. The van der Waals surface area contributed by atoms with E-state index in [4.69, 9.17) is 4.74 Å². The molecule has 1 aromatic heterocycles. The summed E-state index contributed by atoms with van der Waals surface area (Å²) < 4.78 is 5.58. The summed E-state index contributed by atoms with van der Waals surface area (Å²) in [5.74, 6) is 0. The predicted molar refractivity (Wildman–Crippen MR) is 123 cm³/mol.